The lowest BCUT2D eigenvalue weighted by Gasteiger charge is -2.51. The molecule has 0 radical (unpaired) electrons. The van der Waals surface area contributed by atoms with Gasteiger partial charge in [-0.25, -0.2) is 0 Å². The zero-order valence-corrected chi connectivity index (χ0v) is 10.4. The first-order valence-electron chi connectivity index (χ1n) is 5.87. The minimum absolute atomic E-state index is 0.181. The van der Waals surface area contributed by atoms with Gasteiger partial charge in [-0.2, -0.15) is 0 Å². The van der Waals surface area contributed by atoms with E-state index in [1.165, 1.54) is 11.1 Å². The molecule has 1 fully saturated rings. The Morgan fingerprint density at radius 2 is 1.75 bits per heavy atom. The van der Waals surface area contributed by atoms with E-state index in [1.54, 1.807) is 0 Å². The second kappa shape index (κ2) is 3.86. The molecule has 1 aliphatic heterocycles. The Morgan fingerprint density at radius 1 is 1.19 bits per heavy atom. The van der Waals surface area contributed by atoms with Crippen LogP contribution in [-0.4, -0.2) is 13.2 Å². The first kappa shape index (κ1) is 11.6. The van der Waals surface area contributed by atoms with Crippen molar-refractivity contribution in [1.29, 1.82) is 0 Å². The molecule has 2 heteroatoms. The molecule has 2 nitrogen and oxygen atoms in total. The van der Waals surface area contributed by atoms with Crippen LogP contribution in [0.15, 0.2) is 24.3 Å². The predicted octanol–water partition coefficient (Wildman–Crippen LogP) is 2.46. The van der Waals surface area contributed by atoms with Crippen LogP contribution in [0.2, 0.25) is 0 Å². The Labute approximate surface area is 97.8 Å². The molecular formula is C14H21NO. The molecule has 1 aromatic carbocycles. The molecule has 88 valence electrons. The molecule has 0 spiro atoms. The van der Waals surface area contributed by atoms with E-state index in [-0.39, 0.29) is 10.8 Å². The number of hydrogen-bond donors (Lipinski definition) is 1. The van der Waals surface area contributed by atoms with Crippen LogP contribution in [0, 0.1) is 5.41 Å². The lowest BCUT2D eigenvalue weighted by Crippen LogP contribution is -2.55. The zero-order valence-electron chi connectivity index (χ0n) is 10.4. The third-order valence-corrected chi connectivity index (χ3v) is 3.87. The molecule has 16 heavy (non-hydrogen) atoms. The minimum Gasteiger partial charge on any atom is -0.379 e. The molecule has 0 bridgehead atoms. The van der Waals surface area contributed by atoms with Gasteiger partial charge in [0.05, 0.1) is 13.2 Å². The van der Waals surface area contributed by atoms with Crippen LogP contribution in [0.5, 0.6) is 0 Å². The van der Waals surface area contributed by atoms with Crippen molar-refractivity contribution in [1.82, 2.24) is 0 Å². The second-order valence-corrected chi connectivity index (χ2v) is 5.73. The van der Waals surface area contributed by atoms with Crippen molar-refractivity contribution in [2.45, 2.75) is 32.7 Å². The van der Waals surface area contributed by atoms with Gasteiger partial charge in [0, 0.05) is 12.0 Å². The standard InChI is InChI=1S/C14H21NO/c1-13(2,3)14(9-16-10-14)12-6-4-11(8-15)5-7-12/h4-7H,8-10,15H2,1-3H3. The van der Waals surface area contributed by atoms with Crippen LogP contribution < -0.4 is 5.73 Å². The maximum absolute atomic E-state index is 5.62. The molecule has 0 aromatic heterocycles. The quantitative estimate of drug-likeness (QED) is 0.829. The molecule has 0 aliphatic carbocycles. The van der Waals surface area contributed by atoms with Gasteiger partial charge in [-0.3, -0.25) is 0 Å². The van der Waals surface area contributed by atoms with Crippen LogP contribution in [-0.2, 0) is 16.7 Å². The summed E-state index contributed by atoms with van der Waals surface area (Å²) < 4.78 is 5.45. The summed E-state index contributed by atoms with van der Waals surface area (Å²) in [7, 11) is 0. The van der Waals surface area contributed by atoms with E-state index in [1.807, 2.05) is 0 Å². The van der Waals surface area contributed by atoms with Crippen molar-refractivity contribution in [2.24, 2.45) is 11.1 Å². The molecule has 2 rings (SSSR count). The predicted molar refractivity (Wildman–Crippen MR) is 66.3 cm³/mol. The topological polar surface area (TPSA) is 35.2 Å². The summed E-state index contributed by atoms with van der Waals surface area (Å²) in [6.45, 7) is 9.13. The van der Waals surface area contributed by atoms with Gasteiger partial charge in [0.15, 0.2) is 0 Å². The summed E-state index contributed by atoms with van der Waals surface area (Å²) >= 11 is 0. The lowest BCUT2D eigenvalue weighted by atomic mass is 9.61. The summed E-state index contributed by atoms with van der Waals surface area (Å²) in [4.78, 5) is 0. The maximum Gasteiger partial charge on any atom is 0.0590 e. The molecule has 0 saturated carbocycles. The Balaban J connectivity index is 2.34. The van der Waals surface area contributed by atoms with Gasteiger partial charge < -0.3 is 10.5 Å². The Bertz CT molecular complexity index is 357. The van der Waals surface area contributed by atoms with E-state index in [2.05, 4.69) is 45.0 Å². The molecule has 2 N–H and O–H groups in total. The number of rotatable bonds is 2. The van der Waals surface area contributed by atoms with Crippen molar-refractivity contribution in [2.75, 3.05) is 13.2 Å². The molecule has 0 atom stereocenters. The highest BCUT2D eigenvalue weighted by Crippen LogP contribution is 2.46. The number of benzene rings is 1. The monoisotopic (exact) mass is 219 g/mol. The number of hydrogen-bond acceptors (Lipinski definition) is 2. The van der Waals surface area contributed by atoms with E-state index in [0.29, 0.717) is 6.54 Å². The van der Waals surface area contributed by atoms with Gasteiger partial charge in [0.25, 0.3) is 0 Å². The molecule has 0 amide bonds. The van der Waals surface area contributed by atoms with E-state index >= 15 is 0 Å². The van der Waals surface area contributed by atoms with Crippen molar-refractivity contribution >= 4 is 0 Å². The summed E-state index contributed by atoms with van der Waals surface area (Å²) in [6, 6.07) is 8.66. The number of ether oxygens (including phenoxy) is 1. The summed E-state index contributed by atoms with van der Waals surface area (Å²) in [6.07, 6.45) is 0. The fourth-order valence-corrected chi connectivity index (χ4v) is 2.30. The average molecular weight is 219 g/mol. The third kappa shape index (κ3) is 1.66. The van der Waals surface area contributed by atoms with Gasteiger partial charge in [-0.1, -0.05) is 45.0 Å². The highest BCUT2D eigenvalue weighted by atomic mass is 16.5. The van der Waals surface area contributed by atoms with Gasteiger partial charge in [0.2, 0.25) is 0 Å². The lowest BCUT2D eigenvalue weighted by molar-refractivity contribution is -0.113. The molecule has 1 heterocycles. The van der Waals surface area contributed by atoms with Gasteiger partial charge in [-0.15, -0.1) is 0 Å². The molecule has 0 unspecified atom stereocenters. The van der Waals surface area contributed by atoms with Crippen LogP contribution in [0.4, 0.5) is 0 Å². The SMILES string of the molecule is CC(C)(C)C1(c2ccc(CN)cc2)COC1. The van der Waals surface area contributed by atoms with E-state index in [0.717, 1.165) is 13.2 Å². The average Bonchev–Trinajstić information content (AvgIpc) is 2.15. The molecular weight excluding hydrogens is 198 g/mol. The Morgan fingerprint density at radius 3 is 2.06 bits per heavy atom. The van der Waals surface area contributed by atoms with Crippen LogP contribution >= 0.6 is 0 Å². The minimum atomic E-state index is 0.181. The Hall–Kier alpha value is -0.860. The molecule has 1 aliphatic rings. The third-order valence-electron chi connectivity index (χ3n) is 3.87. The maximum atomic E-state index is 5.62. The first-order valence-corrected chi connectivity index (χ1v) is 5.87. The second-order valence-electron chi connectivity index (χ2n) is 5.73. The summed E-state index contributed by atoms with van der Waals surface area (Å²) in [5.74, 6) is 0. The smallest absolute Gasteiger partial charge is 0.0590 e. The van der Waals surface area contributed by atoms with Crippen molar-refractivity contribution in [3.63, 3.8) is 0 Å². The fraction of sp³-hybridized carbons (Fsp3) is 0.571. The summed E-state index contributed by atoms with van der Waals surface area (Å²) in [5, 5.41) is 0. The number of nitrogens with two attached hydrogens (primary N) is 1. The molecule has 1 saturated heterocycles. The Kier molecular flexibility index (Phi) is 2.81. The first-order chi connectivity index (χ1) is 7.49. The summed E-state index contributed by atoms with van der Waals surface area (Å²) in [5.41, 5.74) is 8.60. The van der Waals surface area contributed by atoms with Crippen molar-refractivity contribution in [3.05, 3.63) is 35.4 Å². The van der Waals surface area contributed by atoms with Crippen molar-refractivity contribution in [3.8, 4) is 0 Å². The van der Waals surface area contributed by atoms with E-state index < -0.39 is 0 Å². The van der Waals surface area contributed by atoms with E-state index in [4.69, 9.17) is 10.5 Å². The van der Waals surface area contributed by atoms with Gasteiger partial charge >= 0.3 is 0 Å². The van der Waals surface area contributed by atoms with E-state index in [9.17, 15) is 0 Å². The van der Waals surface area contributed by atoms with Crippen LogP contribution in [0.25, 0.3) is 0 Å². The van der Waals surface area contributed by atoms with Crippen molar-refractivity contribution < 1.29 is 4.74 Å². The fourth-order valence-electron chi connectivity index (χ4n) is 2.30. The van der Waals surface area contributed by atoms with Gasteiger partial charge in [0.1, 0.15) is 0 Å². The zero-order chi connectivity index (χ0) is 11.8. The highest BCUT2D eigenvalue weighted by Gasteiger charge is 2.49. The van der Waals surface area contributed by atoms with Gasteiger partial charge in [-0.05, 0) is 16.5 Å². The van der Waals surface area contributed by atoms with Crippen LogP contribution in [0.1, 0.15) is 31.9 Å². The molecule has 1 aromatic rings. The highest BCUT2D eigenvalue weighted by molar-refractivity contribution is 5.33. The van der Waals surface area contributed by atoms with Crippen LogP contribution in [0.3, 0.4) is 0 Å². The normalized spacial score (nSPS) is 19.2. The largest absolute Gasteiger partial charge is 0.379 e.